The largest absolute Gasteiger partial charge is 2.00 e. The Morgan fingerprint density at radius 3 is 1.32 bits per heavy atom. The summed E-state index contributed by atoms with van der Waals surface area (Å²) in [6.45, 7) is 4.36. The summed E-state index contributed by atoms with van der Waals surface area (Å²) in [7, 11) is 0. The quantitative estimate of drug-likeness (QED) is 0.174. The van der Waals surface area contributed by atoms with Gasteiger partial charge in [-0.25, -0.2) is 0 Å². The summed E-state index contributed by atoms with van der Waals surface area (Å²) in [6, 6.07) is 47.6. The molecule has 0 amide bonds. The van der Waals surface area contributed by atoms with Crippen molar-refractivity contribution in [2.24, 2.45) is 0 Å². The smallest absolute Gasteiger partial charge is 0.257 e. The minimum Gasteiger partial charge on any atom is -0.257 e. The van der Waals surface area contributed by atoms with E-state index in [0.29, 0.717) is 0 Å². The number of para-hydroxylation sites is 2. The monoisotopic (exact) mass is 673 g/mol. The van der Waals surface area contributed by atoms with Crippen LogP contribution in [0, 0.1) is 12.1 Å². The first-order valence-corrected chi connectivity index (χ1v) is 12.4. The maximum atomic E-state index is 5.12. The average Bonchev–Trinajstić information content (AvgIpc) is 3.62. The van der Waals surface area contributed by atoms with Crippen LogP contribution in [-0.2, 0) is 26.5 Å². The van der Waals surface area contributed by atoms with Gasteiger partial charge >= 0.3 is 21.1 Å². The fourth-order valence-corrected chi connectivity index (χ4v) is 4.53. The molecule has 4 aromatic carbocycles. The minimum atomic E-state index is -0.465. The second kappa shape index (κ2) is 10.8. The average molecular weight is 674 g/mol. The van der Waals surface area contributed by atoms with Gasteiger partial charge in [0.05, 0.1) is 28.2 Å². The van der Waals surface area contributed by atoms with E-state index in [2.05, 4.69) is 86.6 Å². The first kappa shape index (κ1) is 25.6. The third-order valence-electron chi connectivity index (χ3n) is 6.68. The zero-order valence-electron chi connectivity index (χ0n) is 21.2. The van der Waals surface area contributed by atoms with Gasteiger partial charge in [-0.2, -0.15) is 58.7 Å². The van der Waals surface area contributed by atoms with Crippen LogP contribution in [0.3, 0.4) is 0 Å². The van der Waals surface area contributed by atoms with Crippen molar-refractivity contribution in [3.8, 4) is 33.9 Å². The van der Waals surface area contributed by atoms with E-state index in [-0.39, 0.29) is 21.1 Å². The van der Waals surface area contributed by atoms with E-state index in [1.54, 1.807) is 0 Å². The first-order valence-electron chi connectivity index (χ1n) is 12.4. The fourth-order valence-electron chi connectivity index (χ4n) is 4.53. The molecule has 6 aromatic rings. The molecule has 4 nitrogen and oxygen atoms in total. The van der Waals surface area contributed by atoms with E-state index in [1.165, 1.54) is 0 Å². The molecule has 0 saturated carbocycles. The topological polar surface area (TPSA) is 35.6 Å². The zero-order chi connectivity index (χ0) is 25.2. The first-order chi connectivity index (χ1) is 18.1. The molecule has 0 N–H and O–H groups in total. The normalized spacial score (nSPS) is 11.2. The predicted octanol–water partition coefficient (Wildman–Crippen LogP) is 7.32. The summed E-state index contributed by atoms with van der Waals surface area (Å²) < 4.78 is 3.96. The predicted molar refractivity (Wildman–Crippen MR) is 148 cm³/mol. The Morgan fingerprint density at radius 1 is 0.553 bits per heavy atom. The Morgan fingerprint density at radius 2 is 0.947 bits per heavy atom. The van der Waals surface area contributed by atoms with E-state index >= 15 is 0 Å². The van der Waals surface area contributed by atoms with Crippen molar-refractivity contribution >= 4 is 0 Å². The van der Waals surface area contributed by atoms with Gasteiger partial charge < -0.3 is 0 Å². The Bertz CT molecular complexity index is 1380. The van der Waals surface area contributed by atoms with Crippen molar-refractivity contribution in [1.82, 2.24) is 19.6 Å². The molecule has 6 rings (SSSR count). The molecule has 2 aromatic heterocycles. The number of benzene rings is 4. The minimum absolute atomic E-state index is 0. The second-order valence-corrected chi connectivity index (χ2v) is 9.51. The fraction of sp³-hybridized carbons (Fsp3) is 0.0909. The summed E-state index contributed by atoms with van der Waals surface area (Å²) in [6.07, 6.45) is 0. The van der Waals surface area contributed by atoms with Crippen molar-refractivity contribution in [2.45, 2.75) is 19.3 Å². The molecule has 5 heteroatoms. The van der Waals surface area contributed by atoms with Crippen LogP contribution in [0.25, 0.3) is 33.9 Å². The van der Waals surface area contributed by atoms with E-state index in [4.69, 9.17) is 10.2 Å². The molecule has 0 spiro atoms. The third-order valence-corrected chi connectivity index (χ3v) is 6.68. The number of hydrogen-bond donors (Lipinski definition) is 0. The third kappa shape index (κ3) is 4.80. The van der Waals surface area contributed by atoms with Crippen molar-refractivity contribution in [3.05, 3.63) is 145 Å². The van der Waals surface area contributed by atoms with Crippen LogP contribution >= 0.6 is 0 Å². The molecule has 0 aliphatic rings. The Kier molecular flexibility index (Phi) is 7.26. The molecular weight excluding hydrogens is 647 g/mol. The van der Waals surface area contributed by atoms with Crippen molar-refractivity contribution < 1.29 is 21.1 Å². The van der Waals surface area contributed by atoms with Crippen LogP contribution in [0.5, 0.6) is 0 Å². The molecule has 0 unspecified atom stereocenters. The summed E-state index contributed by atoms with van der Waals surface area (Å²) in [5, 5.41) is 10.2. The summed E-state index contributed by atoms with van der Waals surface area (Å²) in [5.74, 6) is 0. The molecule has 0 fully saturated rings. The maximum Gasteiger partial charge on any atom is 2.00 e. The molecular formula is C33H26N4Pt. The molecule has 0 bridgehead atoms. The standard InChI is InChI=1S/C33H26N4.Pt/c1-33(2,31-23-29(25-15-7-3-8-16-25)36(34-31)27-19-11-5-12-20-27)32-24-30(26-17-9-4-10-18-26)37(35-32)28-21-13-6-14-22-28;/h3-19,21,23-24H,1-2H3;/q-2;+2. The van der Waals surface area contributed by atoms with Crippen molar-refractivity contribution in [2.75, 3.05) is 0 Å². The van der Waals surface area contributed by atoms with Gasteiger partial charge in [-0.05, 0) is 37.4 Å². The van der Waals surface area contributed by atoms with Crippen LogP contribution in [-0.4, -0.2) is 19.6 Å². The second-order valence-electron chi connectivity index (χ2n) is 9.51. The van der Waals surface area contributed by atoms with E-state index < -0.39 is 5.41 Å². The Labute approximate surface area is 237 Å². The van der Waals surface area contributed by atoms with Crippen LogP contribution < -0.4 is 0 Å². The van der Waals surface area contributed by atoms with E-state index in [1.807, 2.05) is 70.0 Å². The number of nitrogens with zero attached hydrogens (tertiary/aromatic N) is 4. The number of rotatable bonds is 6. The van der Waals surface area contributed by atoms with Crippen LogP contribution in [0.4, 0.5) is 0 Å². The molecule has 2 heterocycles. The molecule has 38 heavy (non-hydrogen) atoms. The van der Waals surface area contributed by atoms with Gasteiger partial charge in [0.25, 0.3) is 0 Å². The van der Waals surface area contributed by atoms with Gasteiger partial charge in [-0.1, -0.05) is 60.7 Å². The molecule has 0 aliphatic carbocycles. The summed E-state index contributed by atoms with van der Waals surface area (Å²) >= 11 is 0. The van der Waals surface area contributed by atoms with Crippen molar-refractivity contribution in [1.29, 1.82) is 0 Å². The van der Waals surface area contributed by atoms with Gasteiger partial charge in [-0.15, -0.1) is 12.1 Å². The van der Waals surface area contributed by atoms with Gasteiger partial charge in [-0.3, -0.25) is 9.36 Å². The molecule has 188 valence electrons. The van der Waals surface area contributed by atoms with Crippen molar-refractivity contribution in [3.63, 3.8) is 0 Å². The Hall–Kier alpha value is -4.01. The van der Waals surface area contributed by atoms with Crippen LogP contribution in [0.1, 0.15) is 25.2 Å². The number of aromatic nitrogens is 4. The molecule has 0 saturated heterocycles. The van der Waals surface area contributed by atoms with Gasteiger partial charge in [0.15, 0.2) is 0 Å². The van der Waals surface area contributed by atoms with Crippen LogP contribution in [0.15, 0.2) is 121 Å². The Balaban J connectivity index is 0.00000294. The van der Waals surface area contributed by atoms with E-state index in [9.17, 15) is 0 Å². The molecule has 0 radical (unpaired) electrons. The van der Waals surface area contributed by atoms with E-state index in [0.717, 1.165) is 45.3 Å². The summed E-state index contributed by atoms with van der Waals surface area (Å²) in [4.78, 5) is 0. The van der Waals surface area contributed by atoms with Gasteiger partial charge in [0.2, 0.25) is 0 Å². The van der Waals surface area contributed by atoms with Gasteiger partial charge in [0, 0.05) is 11.1 Å². The maximum absolute atomic E-state index is 5.12. The molecule has 0 atom stereocenters. The SMILES string of the molecule is CC(C)(c1cc(-c2ccccc2)n(-c2[c-]cccc2)n1)c1cc(-c2ccccc2)n(-c2[c-]cccc2)n1.[Pt+2]. The zero-order valence-corrected chi connectivity index (χ0v) is 23.4. The number of hydrogen-bond acceptors (Lipinski definition) is 2. The molecule has 0 aliphatic heterocycles. The summed E-state index contributed by atoms with van der Waals surface area (Å²) in [5.41, 5.74) is 7.45. The van der Waals surface area contributed by atoms with Crippen LogP contribution in [0.2, 0.25) is 0 Å². The van der Waals surface area contributed by atoms with Gasteiger partial charge in [0.1, 0.15) is 0 Å².